The molecule has 22 heavy (non-hydrogen) atoms. The van der Waals surface area contributed by atoms with Gasteiger partial charge in [0.05, 0.1) is 6.54 Å². The minimum atomic E-state index is -0.847. The monoisotopic (exact) mass is 304 g/mol. The first-order valence-electron chi connectivity index (χ1n) is 7.64. The van der Waals surface area contributed by atoms with E-state index in [0.29, 0.717) is 13.0 Å². The summed E-state index contributed by atoms with van der Waals surface area (Å²) < 4.78 is 0. The van der Waals surface area contributed by atoms with Gasteiger partial charge in [0, 0.05) is 5.69 Å². The molecular weight excluding hydrogens is 280 g/mol. The van der Waals surface area contributed by atoms with Gasteiger partial charge in [-0.2, -0.15) is 0 Å². The second kappa shape index (κ2) is 6.48. The molecule has 1 aliphatic heterocycles. The normalized spacial score (nSPS) is 19.1. The summed E-state index contributed by atoms with van der Waals surface area (Å²) in [6.07, 6.45) is 1.44. The highest BCUT2D eigenvalue weighted by atomic mass is 16.4. The minimum absolute atomic E-state index is 0.0762. The molecule has 1 aliphatic rings. The predicted molar refractivity (Wildman–Crippen MR) is 86.0 cm³/mol. The molecule has 1 aromatic rings. The minimum Gasteiger partial charge on any atom is -0.480 e. The Morgan fingerprint density at radius 1 is 1.27 bits per heavy atom. The molecule has 0 unspecified atom stereocenters. The van der Waals surface area contributed by atoms with Crippen LogP contribution < -0.4 is 5.32 Å². The van der Waals surface area contributed by atoms with E-state index in [1.807, 2.05) is 24.3 Å². The standard InChI is InChI=1S/C17H24N2O3/c1-17(2,3)12-6-8-13(9-7-12)18-15(20)11-19-10-4-5-14(19)16(21)22/h6-9,14H,4-5,10-11H2,1-3H3,(H,18,20)(H,21,22)/t14-/m0/s1. The highest BCUT2D eigenvalue weighted by molar-refractivity contribution is 5.92. The van der Waals surface area contributed by atoms with Crippen molar-refractivity contribution in [3.05, 3.63) is 29.8 Å². The van der Waals surface area contributed by atoms with E-state index in [4.69, 9.17) is 5.11 Å². The molecular formula is C17H24N2O3. The van der Waals surface area contributed by atoms with Crippen molar-refractivity contribution in [1.82, 2.24) is 4.90 Å². The first-order valence-corrected chi connectivity index (χ1v) is 7.64. The van der Waals surface area contributed by atoms with Gasteiger partial charge in [-0.3, -0.25) is 14.5 Å². The van der Waals surface area contributed by atoms with Gasteiger partial charge in [0.2, 0.25) is 5.91 Å². The number of carboxylic acid groups (broad SMARTS) is 1. The van der Waals surface area contributed by atoms with E-state index in [1.54, 1.807) is 4.90 Å². The molecule has 2 rings (SSSR count). The van der Waals surface area contributed by atoms with Gasteiger partial charge in [0.1, 0.15) is 6.04 Å². The summed E-state index contributed by atoms with van der Waals surface area (Å²) in [5, 5.41) is 12.0. The van der Waals surface area contributed by atoms with Gasteiger partial charge < -0.3 is 10.4 Å². The number of carbonyl (C=O) groups is 2. The van der Waals surface area contributed by atoms with E-state index >= 15 is 0 Å². The second-order valence-corrected chi connectivity index (χ2v) is 6.84. The molecule has 0 spiro atoms. The molecule has 120 valence electrons. The van der Waals surface area contributed by atoms with E-state index in [1.165, 1.54) is 5.56 Å². The Kier molecular flexibility index (Phi) is 4.86. The largest absolute Gasteiger partial charge is 0.480 e. The van der Waals surface area contributed by atoms with Crippen LogP contribution in [-0.2, 0) is 15.0 Å². The summed E-state index contributed by atoms with van der Waals surface area (Å²) in [5.74, 6) is -1.02. The number of likely N-dealkylation sites (tertiary alicyclic amines) is 1. The number of nitrogens with zero attached hydrogens (tertiary/aromatic N) is 1. The first kappa shape index (κ1) is 16.5. The molecule has 1 fully saturated rings. The van der Waals surface area contributed by atoms with E-state index in [9.17, 15) is 9.59 Å². The van der Waals surface area contributed by atoms with Gasteiger partial charge in [-0.05, 0) is 42.5 Å². The SMILES string of the molecule is CC(C)(C)c1ccc(NC(=O)CN2CCC[C@H]2C(=O)O)cc1. The number of benzene rings is 1. The van der Waals surface area contributed by atoms with Gasteiger partial charge in [-0.15, -0.1) is 0 Å². The van der Waals surface area contributed by atoms with Crippen LogP contribution in [0.5, 0.6) is 0 Å². The maximum Gasteiger partial charge on any atom is 0.320 e. The van der Waals surface area contributed by atoms with E-state index in [0.717, 1.165) is 12.1 Å². The molecule has 0 aliphatic carbocycles. The van der Waals surface area contributed by atoms with Crippen LogP contribution in [0.2, 0.25) is 0 Å². The van der Waals surface area contributed by atoms with Crippen LogP contribution in [0.1, 0.15) is 39.2 Å². The summed E-state index contributed by atoms with van der Waals surface area (Å²) >= 11 is 0. The summed E-state index contributed by atoms with van der Waals surface area (Å²) in [7, 11) is 0. The topological polar surface area (TPSA) is 69.6 Å². The fraction of sp³-hybridized carbons (Fsp3) is 0.529. The van der Waals surface area contributed by atoms with Gasteiger partial charge in [0.25, 0.3) is 0 Å². The molecule has 0 saturated carbocycles. The Morgan fingerprint density at radius 3 is 2.45 bits per heavy atom. The quantitative estimate of drug-likeness (QED) is 0.896. The Labute approximate surface area is 131 Å². The fourth-order valence-electron chi connectivity index (χ4n) is 2.73. The highest BCUT2D eigenvalue weighted by Crippen LogP contribution is 2.23. The van der Waals surface area contributed by atoms with Crippen molar-refractivity contribution in [1.29, 1.82) is 0 Å². The smallest absolute Gasteiger partial charge is 0.320 e. The number of hydrogen-bond acceptors (Lipinski definition) is 3. The lowest BCUT2D eigenvalue weighted by atomic mass is 9.87. The predicted octanol–water partition coefficient (Wildman–Crippen LogP) is 2.47. The average Bonchev–Trinajstić information content (AvgIpc) is 2.86. The lowest BCUT2D eigenvalue weighted by molar-refractivity contribution is -0.142. The highest BCUT2D eigenvalue weighted by Gasteiger charge is 2.31. The zero-order chi connectivity index (χ0) is 16.3. The Balaban J connectivity index is 1.93. The zero-order valence-corrected chi connectivity index (χ0v) is 13.4. The number of hydrogen-bond donors (Lipinski definition) is 2. The van der Waals surface area contributed by atoms with Crippen molar-refractivity contribution < 1.29 is 14.7 Å². The number of carboxylic acids is 1. The summed E-state index contributed by atoms with van der Waals surface area (Å²) in [5.41, 5.74) is 2.02. The van der Waals surface area contributed by atoms with Crippen LogP contribution in [0.15, 0.2) is 24.3 Å². The second-order valence-electron chi connectivity index (χ2n) is 6.84. The van der Waals surface area contributed by atoms with E-state index < -0.39 is 12.0 Å². The van der Waals surface area contributed by atoms with E-state index in [-0.39, 0.29) is 17.9 Å². The van der Waals surface area contributed by atoms with E-state index in [2.05, 4.69) is 26.1 Å². The molecule has 0 bridgehead atoms. The molecule has 5 heteroatoms. The molecule has 1 atom stereocenters. The molecule has 2 N–H and O–H groups in total. The maximum atomic E-state index is 12.1. The van der Waals surface area contributed by atoms with Gasteiger partial charge in [0.15, 0.2) is 0 Å². The maximum absolute atomic E-state index is 12.1. The van der Waals surface area contributed by atoms with Crippen LogP contribution in [-0.4, -0.2) is 41.0 Å². The van der Waals surface area contributed by atoms with Crippen molar-refractivity contribution in [2.24, 2.45) is 0 Å². The number of anilines is 1. The molecule has 1 amide bonds. The van der Waals surface area contributed by atoms with Gasteiger partial charge >= 0.3 is 5.97 Å². The molecule has 1 heterocycles. The average molecular weight is 304 g/mol. The zero-order valence-electron chi connectivity index (χ0n) is 13.4. The van der Waals surface area contributed by atoms with Crippen LogP contribution in [0.4, 0.5) is 5.69 Å². The third kappa shape index (κ3) is 4.07. The Hall–Kier alpha value is -1.88. The van der Waals surface area contributed by atoms with Gasteiger partial charge in [-0.1, -0.05) is 32.9 Å². The van der Waals surface area contributed by atoms with Crippen molar-refractivity contribution in [2.45, 2.75) is 45.1 Å². The number of carbonyl (C=O) groups excluding carboxylic acids is 1. The number of nitrogens with one attached hydrogen (secondary N) is 1. The molecule has 0 radical (unpaired) electrons. The number of rotatable bonds is 4. The van der Waals surface area contributed by atoms with Crippen molar-refractivity contribution in [2.75, 3.05) is 18.4 Å². The van der Waals surface area contributed by atoms with Crippen molar-refractivity contribution in [3.63, 3.8) is 0 Å². The number of aliphatic carboxylic acids is 1. The summed E-state index contributed by atoms with van der Waals surface area (Å²) in [6.45, 7) is 7.20. The summed E-state index contributed by atoms with van der Waals surface area (Å²) in [4.78, 5) is 24.9. The van der Waals surface area contributed by atoms with Crippen molar-refractivity contribution >= 4 is 17.6 Å². The fourth-order valence-corrected chi connectivity index (χ4v) is 2.73. The van der Waals surface area contributed by atoms with Crippen molar-refractivity contribution in [3.8, 4) is 0 Å². The number of amides is 1. The molecule has 1 saturated heterocycles. The Morgan fingerprint density at radius 2 is 1.91 bits per heavy atom. The lowest BCUT2D eigenvalue weighted by Crippen LogP contribution is -2.40. The molecule has 0 aromatic heterocycles. The third-order valence-corrected chi connectivity index (χ3v) is 4.03. The van der Waals surface area contributed by atoms with Gasteiger partial charge in [-0.25, -0.2) is 0 Å². The lowest BCUT2D eigenvalue weighted by Gasteiger charge is -2.21. The molecule has 5 nitrogen and oxygen atoms in total. The van der Waals surface area contributed by atoms with Crippen LogP contribution in [0.3, 0.4) is 0 Å². The first-order chi connectivity index (χ1) is 10.3. The van der Waals surface area contributed by atoms with Crippen LogP contribution in [0, 0.1) is 0 Å². The molecule has 1 aromatic carbocycles. The Bertz CT molecular complexity index is 546. The summed E-state index contributed by atoms with van der Waals surface area (Å²) in [6, 6.07) is 7.25. The van der Waals surface area contributed by atoms with Crippen LogP contribution in [0.25, 0.3) is 0 Å². The van der Waals surface area contributed by atoms with Crippen LogP contribution >= 0.6 is 0 Å². The third-order valence-electron chi connectivity index (χ3n) is 4.03.